The van der Waals surface area contributed by atoms with Crippen LogP contribution in [0.25, 0.3) is 5.57 Å². The lowest BCUT2D eigenvalue weighted by molar-refractivity contribution is 0.158. The van der Waals surface area contributed by atoms with Gasteiger partial charge in [0.1, 0.15) is 12.0 Å². The normalized spacial score (nSPS) is 29.7. The minimum atomic E-state index is -0.211. The van der Waals surface area contributed by atoms with Crippen LogP contribution < -0.4 is 26.0 Å². The van der Waals surface area contributed by atoms with Gasteiger partial charge in [-0.15, -0.1) is 0 Å². The quantitative estimate of drug-likeness (QED) is 0.591. The summed E-state index contributed by atoms with van der Waals surface area (Å²) in [6.45, 7) is 6.88. The Hall–Kier alpha value is -1.67. The molecule has 0 aliphatic carbocycles. The monoisotopic (exact) mass is 417 g/mol. The first-order valence-electron chi connectivity index (χ1n) is 11.3. The first kappa shape index (κ1) is 21.6. The second kappa shape index (κ2) is 9.22. The van der Waals surface area contributed by atoms with Crippen LogP contribution in [0.2, 0.25) is 0 Å². The maximum atomic E-state index is 15.8. The van der Waals surface area contributed by atoms with E-state index in [4.69, 9.17) is 4.74 Å². The highest BCUT2D eigenvalue weighted by Crippen LogP contribution is 2.41. The molecule has 1 aromatic carbocycles. The van der Waals surface area contributed by atoms with E-state index in [1.165, 1.54) is 0 Å². The van der Waals surface area contributed by atoms with Crippen LogP contribution in [0.3, 0.4) is 0 Å². The number of nitrogens with one attached hydrogen (secondary N) is 4. The molecule has 0 saturated carbocycles. The van der Waals surface area contributed by atoms with Gasteiger partial charge in [-0.25, -0.2) is 4.39 Å². The van der Waals surface area contributed by atoms with E-state index in [0.29, 0.717) is 29.8 Å². The van der Waals surface area contributed by atoms with Crippen molar-refractivity contribution in [2.24, 2.45) is 5.92 Å². The molecule has 4 atom stereocenters. The van der Waals surface area contributed by atoms with E-state index >= 15 is 4.39 Å². The number of hydrogen-bond acceptors (Lipinski definition) is 6. The maximum Gasteiger partial charge on any atom is 0.157 e. The molecule has 0 spiro atoms. The van der Waals surface area contributed by atoms with Crippen molar-refractivity contribution in [1.82, 2.24) is 20.9 Å². The highest BCUT2D eigenvalue weighted by molar-refractivity contribution is 5.77. The number of likely N-dealkylation sites (N-methyl/N-ethyl adjacent to an activating group) is 1. The van der Waals surface area contributed by atoms with Crippen LogP contribution in [0.4, 0.5) is 10.1 Å². The molecule has 4 unspecified atom stereocenters. The van der Waals surface area contributed by atoms with Gasteiger partial charge < -0.3 is 20.3 Å². The molecule has 30 heavy (non-hydrogen) atoms. The maximum absolute atomic E-state index is 15.8. The third kappa shape index (κ3) is 4.21. The van der Waals surface area contributed by atoms with Crippen molar-refractivity contribution in [2.75, 3.05) is 39.1 Å². The lowest BCUT2D eigenvalue weighted by Crippen LogP contribution is -2.68. The summed E-state index contributed by atoms with van der Waals surface area (Å²) in [5, 5.41) is 13.9. The van der Waals surface area contributed by atoms with Crippen LogP contribution in [0.5, 0.6) is 5.75 Å². The van der Waals surface area contributed by atoms with E-state index in [2.05, 4.69) is 53.1 Å². The van der Waals surface area contributed by atoms with Gasteiger partial charge in [-0.1, -0.05) is 13.0 Å². The predicted molar refractivity (Wildman–Crippen MR) is 120 cm³/mol. The zero-order chi connectivity index (χ0) is 21.3. The number of nitrogens with zero attached hydrogens (tertiary/aromatic N) is 1. The van der Waals surface area contributed by atoms with Gasteiger partial charge in [0.2, 0.25) is 0 Å². The van der Waals surface area contributed by atoms with Gasteiger partial charge in [-0.2, -0.15) is 0 Å². The molecule has 3 aliphatic rings. The molecular formula is C23H36FN5O. The molecule has 4 rings (SSSR count). The average molecular weight is 418 g/mol. The van der Waals surface area contributed by atoms with E-state index < -0.39 is 0 Å². The molecule has 3 aliphatic heterocycles. The number of benzene rings is 1. The average Bonchev–Trinajstić information content (AvgIpc) is 3.08. The third-order valence-electron chi connectivity index (χ3n) is 6.80. The van der Waals surface area contributed by atoms with Crippen molar-refractivity contribution >= 4 is 11.3 Å². The van der Waals surface area contributed by atoms with Crippen LogP contribution in [0, 0.1) is 11.7 Å². The summed E-state index contributed by atoms with van der Waals surface area (Å²) in [6.07, 6.45) is 5.91. The van der Waals surface area contributed by atoms with E-state index in [1.807, 2.05) is 13.1 Å². The van der Waals surface area contributed by atoms with Gasteiger partial charge in [0.05, 0.1) is 24.0 Å². The molecule has 0 bridgehead atoms. The molecule has 1 fully saturated rings. The number of hydrogen-bond donors (Lipinski definition) is 4. The first-order chi connectivity index (χ1) is 14.5. The number of halogens is 1. The minimum Gasteiger partial charge on any atom is -0.492 e. The van der Waals surface area contributed by atoms with Gasteiger partial charge in [-0.3, -0.25) is 10.6 Å². The molecule has 1 saturated heterocycles. The summed E-state index contributed by atoms with van der Waals surface area (Å²) in [4.78, 5) is 2.27. The topological polar surface area (TPSA) is 60.6 Å². The van der Waals surface area contributed by atoms with Crippen LogP contribution in [-0.4, -0.2) is 57.2 Å². The molecule has 6 nitrogen and oxygen atoms in total. The number of anilines is 1. The van der Waals surface area contributed by atoms with E-state index in [9.17, 15) is 0 Å². The number of allylic oxidation sites excluding steroid dienone is 1. The summed E-state index contributed by atoms with van der Waals surface area (Å²) < 4.78 is 21.7. The summed E-state index contributed by atoms with van der Waals surface area (Å²) in [6, 6.07) is 2.24. The van der Waals surface area contributed by atoms with Crippen molar-refractivity contribution in [3.8, 4) is 5.75 Å². The molecule has 166 valence electrons. The first-order valence-corrected chi connectivity index (χ1v) is 11.3. The second-order valence-corrected chi connectivity index (χ2v) is 8.83. The molecule has 0 amide bonds. The minimum absolute atomic E-state index is 0.171. The summed E-state index contributed by atoms with van der Waals surface area (Å²) in [5.74, 6) is 1.00. The third-order valence-corrected chi connectivity index (χ3v) is 6.80. The van der Waals surface area contributed by atoms with Crippen molar-refractivity contribution < 1.29 is 9.13 Å². The van der Waals surface area contributed by atoms with Crippen molar-refractivity contribution in [3.05, 3.63) is 29.1 Å². The standard InChI is InChI=1S/C23H36FN5O/c1-5-17-14(2)26-23(28-22(17)25-3)27-18-13-16-9-12-30-21(16)19(20(18)24)15-7-6-10-29(4)11-8-15/h8,13-14,17,22-23,25-28H,5-7,9-12H2,1-4H3. The Morgan fingerprint density at radius 2 is 2.13 bits per heavy atom. The zero-order valence-electron chi connectivity index (χ0n) is 18.6. The van der Waals surface area contributed by atoms with Gasteiger partial charge in [0, 0.05) is 30.5 Å². The lowest BCUT2D eigenvalue weighted by atomic mass is 9.92. The molecule has 7 heteroatoms. The SMILES string of the molecule is CCC1C(C)NC(Nc2cc3c(c(C4=CCN(C)CCC4)c2F)OCC3)NC1NC. The number of ether oxygens (including phenoxy) is 1. The van der Waals surface area contributed by atoms with E-state index in [1.54, 1.807) is 0 Å². The Morgan fingerprint density at radius 3 is 2.90 bits per heavy atom. The fourth-order valence-corrected chi connectivity index (χ4v) is 5.08. The zero-order valence-corrected chi connectivity index (χ0v) is 18.6. The fraction of sp³-hybridized carbons (Fsp3) is 0.652. The van der Waals surface area contributed by atoms with E-state index in [0.717, 1.165) is 55.7 Å². The summed E-state index contributed by atoms with van der Waals surface area (Å²) in [5.41, 5.74) is 3.35. The molecule has 1 aromatic rings. The second-order valence-electron chi connectivity index (χ2n) is 8.83. The van der Waals surface area contributed by atoms with Crippen LogP contribution in [0.1, 0.15) is 44.2 Å². The molecule has 0 radical (unpaired) electrons. The Labute approximate surface area is 179 Å². The van der Waals surface area contributed by atoms with Crippen LogP contribution in [-0.2, 0) is 6.42 Å². The molecular weight excluding hydrogens is 381 g/mol. The van der Waals surface area contributed by atoms with Gasteiger partial charge >= 0.3 is 0 Å². The van der Waals surface area contributed by atoms with Crippen molar-refractivity contribution in [2.45, 2.75) is 58.0 Å². The van der Waals surface area contributed by atoms with Crippen molar-refractivity contribution in [1.29, 1.82) is 0 Å². The Bertz CT molecular complexity index is 798. The molecule has 3 heterocycles. The summed E-state index contributed by atoms with van der Waals surface area (Å²) >= 11 is 0. The number of rotatable bonds is 5. The van der Waals surface area contributed by atoms with Gasteiger partial charge in [0.25, 0.3) is 0 Å². The van der Waals surface area contributed by atoms with Crippen molar-refractivity contribution in [3.63, 3.8) is 0 Å². The molecule has 0 aromatic heterocycles. The number of fused-ring (bicyclic) bond motifs is 1. The van der Waals surface area contributed by atoms with E-state index in [-0.39, 0.29) is 18.3 Å². The Balaban J connectivity index is 1.63. The highest BCUT2D eigenvalue weighted by atomic mass is 19.1. The Kier molecular flexibility index (Phi) is 6.63. The van der Waals surface area contributed by atoms with Gasteiger partial charge in [0.15, 0.2) is 5.82 Å². The molecule has 4 N–H and O–H groups in total. The highest BCUT2D eigenvalue weighted by Gasteiger charge is 2.34. The van der Waals surface area contributed by atoms with Crippen LogP contribution in [0.15, 0.2) is 12.1 Å². The smallest absolute Gasteiger partial charge is 0.157 e. The lowest BCUT2D eigenvalue weighted by Gasteiger charge is -2.42. The largest absolute Gasteiger partial charge is 0.492 e. The summed E-state index contributed by atoms with van der Waals surface area (Å²) in [7, 11) is 4.08. The van der Waals surface area contributed by atoms with Crippen LogP contribution >= 0.6 is 0 Å². The predicted octanol–water partition coefficient (Wildman–Crippen LogP) is 2.72. The fourth-order valence-electron chi connectivity index (χ4n) is 5.08. The Morgan fingerprint density at radius 1 is 1.30 bits per heavy atom. The van der Waals surface area contributed by atoms with Gasteiger partial charge in [-0.05, 0) is 58.5 Å².